The van der Waals surface area contributed by atoms with Crippen molar-refractivity contribution in [3.63, 3.8) is 0 Å². The van der Waals surface area contributed by atoms with Gasteiger partial charge in [-0.2, -0.15) is 0 Å². The third-order valence-electron chi connectivity index (χ3n) is 11.8. The van der Waals surface area contributed by atoms with Crippen molar-refractivity contribution in [3.8, 4) is 0 Å². The van der Waals surface area contributed by atoms with Crippen LogP contribution in [0.25, 0.3) is 0 Å². The summed E-state index contributed by atoms with van der Waals surface area (Å²) < 4.78 is 28.1. The molecule has 0 aromatic carbocycles. The number of carbonyl (C=O) groups is 5. The molecular formula is C50H91NO10. The summed E-state index contributed by atoms with van der Waals surface area (Å²) in [5, 5.41) is 0. The van der Waals surface area contributed by atoms with Gasteiger partial charge in [-0.15, -0.1) is 0 Å². The largest absolute Gasteiger partial charge is 0.466 e. The van der Waals surface area contributed by atoms with Gasteiger partial charge in [0, 0.05) is 44.6 Å². The number of likely N-dealkylation sites (tertiary alicyclic amines) is 1. The van der Waals surface area contributed by atoms with Crippen LogP contribution in [0.2, 0.25) is 0 Å². The molecule has 0 aliphatic carbocycles. The minimum atomic E-state index is -0.694. The molecule has 11 nitrogen and oxygen atoms in total. The highest BCUT2D eigenvalue weighted by Gasteiger charge is 2.30. The summed E-state index contributed by atoms with van der Waals surface area (Å²) in [6.07, 6.45) is 30.0. The Morgan fingerprint density at radius 1 is 0.475 bits per heavy atom. The highest BCUT2D eigenvalue weighted by Crippen LogP contribution is 2.19. The lowest BCUT2D eigenvalue weighted by Gasteiger charge is -2.20. The standard InChI is InChI=1S/C50H91NO10/c1-5-8-11-14-15-16-17-18-19-20-21-24-27-33-49(55)60-42-45(61-50(56)44-35-37-51(4)39-44)36-38-57-46(52)34-29-28-30-43(40-58-47(53)31-25-22-12-9-6-2)41-59-48(54)32-26-23-13-10-7-3/h43-45H,5-42H2,1-4H3. The molecule has 0 amide bonds. The molecule has 0 spiro atoms. The van der Waals surface area contributed by atoms with Crippen LogP contribution in [0.4, 0.5) is 0 Å². The number of hydrogen-bond acceptors (Lipinski definition) is 11. The minimum absolute atomic E-state index is 0.0448. The lowest BCUT2D eigenvalue weighted by atomic mass is 10.0. The van der Waals surface area contributed by atoms with Gasteiger partial charge in [0.25, 0.3) is 0 Å². The van der Waals surface area contributed by atoms with E-state index in [1.165, 1.54) is 77.0 Å². The van der Waals surface area contributed by atoms with E-state index >= 15 is 0 Å². The van der Waals surface area contributed by atoms with Crippen molar-refractivity contribution in [1.29, 1.82) is 0 Å². The molecule has 0 saturated carbocycles. The van der Waals surface area contributed by atoms with Crippen LogP contribution >= 0.6 is 0 Å². The third-order valence-corrected chi connectivity index (χ3v) is 11.8. The summed E-state index contributed by atoms with van der Waals surface area (Å²) in [5.41, 5.74) is 0. The summed E-state index contributed by atoms with van der Waals surface area (Å²) in [6, 6.07) is 0. The third kappa shape index (κ3) is 34.5. The van der Waals surface area contributed by atoms with Crippen molar-refractivity contribution in [3.05, 3.63) is 0 Å². The molecule has 1 aliphatic rings. The van der Waals surface area contributed by atoms with Crippen LogP contribution < -0.4 is 0 Å². The van der Waals surface area contributed by atoms with Crippen LogP contribution in [-0.2, 0) is 47.7 Å². The molecule has 1 aliphatic heterocycles. The Balaban J connectivity index is 2.46. The van der Waals surface area contributed by atoms with Crippen LogP contribution in [0.1, 0.15) is 226 Å². The molecule has 2 atom stereocenters. The SMILES string of the molecule is CCCCCCCCCCCCCCCC(=O)OCC(CCOC(=O)CCCCC(COC(=O)CCCCCCC)COC(=O)CCCCCCC)OC(=O)C1CCN(C)C1. The van der Waals surface area contributed by atoms with Gasteiger partial charge in [-0.3, -0.25) is 24.0 Å². The Labute approximate surface area is 372 Å². The number of carbonyl (C=O) groups excluding carboxylic acids is 5. The van der Waals surface area contributed by atoms with Gasteiger partial charge in [0.2, 0.25) is 0 Å². The van der Waals surface area contributed by atoms with Gasteiger partial charge in [0.1, 0.15) is 12.7 Å². The van der Waals surface area contributed by atoms with Gasteiger partial charge < -0.3 is 28.6 Å². The van der Waals surface area contributed by atoms with Crippen molar-refractivity contribution in [2.75, 3.05) is 46.6 Å². The predicted molar refractivity (Wildman–Crippen MR) is 243 cm³/mol. The Morgan fingerprint density at radius 2 is 0.852 bits per heavy atom. The van der Waals surface area contributed by atoms with E-state index in [4.69, 9.17) is 23.7 Å². The summed E-state index contributed by atoms with van der Waals surface area (Å²) in [6.45, 7) is 8.38. The molecular weight excluding hydrogens is 775 g/mol. The molecule has 0 radical (unpaired) electrons. The van der Waals surface area contributed by atoms with Crippen molar-refractivity contribution in [1.82, 2.24) is 4.90 Å². The molecule has 0 aromatic rings. The van der Waals surface area contributed by atoms with Crippen LogP contribution in [0, 0.1) is 11.8 Å². The van der Waals surface area contributed by atoms with Crippen molar-refractivity contribution >= 4 is 29.8 Å². The second kappa shape index (κ2) is 40.1. The molecule has 356 valence electrons. The number of rotatable bonds is 42. The van der Waals surface area contributed by atoms with Gasteiger partial charge in [0.05, 0.1) is 25.7 Å². The maximum Gasteiger partial charge on any atom is 0.310 e. The van der Waals surface area contributed by atoms with Crippen molar-refractivity contribution in [2.24, 2.45) is 11.8 Å². The number of ether oxygens (including phenoxy) is 5. The molecule has 1 heterocycles. The van der Waals surface area contributed by atoms with Gasteiger partial charge in [-0.1, -0.05) is 156 Å². The van der Waals surface area contributed by atoms with Crippen LogP contribution in [-0.4, -0.2) is 87.4 Å². The highest BCUT2D eigenvalue weighted by atomic mass is 16.6. The van der Waals surface area contributed by atoms with Crippen LogP contribution in [0.3, 0.4) is 0 Å². The molecule has 1 rings (SSSR count). The van der Waals surface area contributed by atoms with E-state index < -0.39 is 6.10 Å². The first-order valence-electron chi connectivity index (χ1n) is 25.2. The summed E-state index contributed by atoms with van der Waals surface area (Å²) in [7, 11) is 1.97. The lowest BCUT2D eigenvalue weighted by Crippen LogP contribution is -2.31. The van der Waals surface area contributed by atoms with E-state index in [1.54, 1.807) is 0 Å². The zero-order valence-corrected chi connectivity index (χ0v) is 39.6. The van der Waals surface area contributed by atoms with Gasteiger partial charge in [-0.05, 0) is 52.1 Å². The fourth-order valence-electron chi connectivity index (χ4n) is 7.71. The summed E-state index contributed by atoms with van der Waals surface area (Å²) >= 11 is 0. The fraction of sp³-hybridized carbons (Fsp3) is 0.900. The fourth-order valence-corrected chi connectivity index (χ4v) is 7.71. The smallest absolute Gasteiger partial charge is 0.310 e. The zero-order chi connectivity index (χ0) is 44.6. The molecule has 61 heavy (non-hydrogen) atoms. The van der Waals surface area contributed by atoms with E-state index in [2.05, 4.69) is 25.7 Å². The topological polar surface area (TPSA) is 135 Å². The summed E-state index contributed by atoms with van der Waals surface area (Å²) in [5.74, 6) is -1.78. The normalized spacial score (nSPS) is 14.5. The highest BCUT2D eigenvalue weighted by molar-refractivity contribution is 5.73. The van der Waals surface area contributed by atoms with E-state index in [0.29, 0.717) is 45.1 Å². The Bertz CT molecular complexity index is 1090. The maximum absolute atomic E-state index is 13.0. The average Bonchev–Trinajstić information content (AvgIpc) is 3.69. The van der Waals surface area contributed by atoms with Crippen LogP contribution in [0.15, 0.2) is 0 Å². The van der Waals surface area contributed by atoms with E-state index in [1.807, 2.05) is 7.05 Å². The van der Waals surface area contributed by atoms with Gasteiger partial charge in [0.15, 0.2) is 0 Å². The van der Waals surface area contributed by atoms with E-state index in [0.717, 1.165) is 83.6 Å². The first kappa shape index (κ1) is 56.3. The second-order valence-corrected chi connectivity index (χ2v) is 17.8. The monoisotopic (exact) mass is 866 g/mol. The predicted octanol–water partition coefficient (Wildman–Crippen LogP) is 11.8. The molecule has 1 fully saturated rings. The number of nitrogens with zero attached hydrogens (tertiary/aromatic N) is 1. The number of esters is 5. The van der Waals surface area contributed by atoms with E-state index in [9.17, 15) is 24.0 Å². The molecule has 0 bridgehead atoms. The van der Waals surface area contributed by atoms with Gasteiger partial charge >= 0.3 is 29.8 Å². The second-order valence-electron chi connectivity index (χ2n) is 17.8. The minimum Gasteiger partial charge on any atom is -0.466 e. The Kier molecular flexibility index (Phi) is 37.0. The van der Waals surface area contributed by atoms with Gasteiger partial charge in [-0.25, -0.2) is 0 Å². The first-order chi connectivity index (χ1) is 29.7. The average molecular weight is 866 g/mol. The number of hydrogen-bond donors (Lipinski definition) is 0. The summed E-state index contributed by atoms with van der Waals surface area (Å²) in [4.78, 5) is 65.2. The number of unbranched alkanes of at least 4 members (excludes halogenated alkanes) is 21. The molecule has 0 N–H and O–H groups in total. The van der Waals surface area contributed by atoms with Crippen LogP contribution in [0.5, 0.6) is 0 Å². The Morgan fingerprint density at radius 3 is 1.26 bits per heavy atom. The van der Waals surface area contributed by atoms with Crippen molar-refractivity contribution in [2.45, 2.75) is 232 Å². The molecule has 2 unspecified atom stereocenters. The molecule has 1 saturated heterocycles. The molecule has 0 aromatic heterocycles. The quantitative estimate of drug-likeness (QED) is 0.0330. The maximum atomic E-state index is 13.0. The van der Waals surface area contributed by atoms with Crippen molar-refractivity contribution < 1.29 is 47.7 Å². The molecule has 11 heteroatoms. The van der Waals surface area contributed by atoms with E-state index in [-0.39, 0.29) is 81.0 Å². The zero-order valence-electron chi connectivity index (χ0n) is 39.6. The Hall–Kier alpha value is -2.69. The first-order valence-corrected chi connectivity index (χ1v) is 25.2. The lowest BCUT2D eigenvalue weighted by molar-refractivity contribution is -0.164.